The van der Waals surface area contributed by atoms with E-state index in [0.29, 0.717) is 10.8 Å². The van der Waals surface area contributed by atoms with Gasteiger partial charge >= 0.3 is 0 Å². The van der Waals surface area contributed by atoms with E-state index >= 15 is 0 Å². The molecule has 0 atom stereocenters. The van der Waals surface area contributed by atoms with E-state index in [0.717, 1.165) is 16.0 Å². The number of hydrogen-bond acceptors (Lipinski definition) is 6. The van der Waals surface area contributed by atoms with Crippen molar-refractivity contribution in [2.24, 2.45) is 0 Å². The van der Waals surface area contributed by atoms with Crippen LogP contribution in [0.1, 0.15) is 0 Å². The molecule has 8 heteroatoms. The number of carbonyl (C=O) groups is 1. The maximum Gasteiger partial charge on any atom is 0.267 e. The molecule has 2 aromatic heterocycles. The fourth-order valence-corrected chi connectivity index (χ4v) is 2.60. The van der Waals surface area contributed by atoms with Gasteiger partial charge in [-0.05, 0) is 30.3 Å². The number of amides is 1. The third-order valence-electron chi connectivity index (χ3n) is 3.22. The number of thiazole rings is 1. The van der Waals surface area contributed by atoms with Crippen LogP contribution in [0.15, 0.2) is 52.8 Å². The van der Waals surface area contributed by atoms with E-state index in [9.17, 15) is 9.59 Å². The average Bonchev–Trinajstić information content (AvgIpc) is 3.10. The number of rotatable bonds is 5. The minimum atomic E-state index is -0.355. The molecule has 0 saturated heterocycles. The summed E-state index contributed by atoms with van der Waals surface area (Å²) in [5.74, 6) is 0.376. The van der Waals surface area contributed by atoms with Gasteiger partial charge in [-0.25, -0.2) is 9.67 Å². The summed E-state index contributed by atoms with van der Waals surface area (Å²) in [6.07, 6.45) is 1.59. The smallest absolute Gasteiger partial charge is 0.267 e. The molecule has 7 nitrogen and oxygen atoms in total. The van der Waals surface area contributed by atoms with Crippen LogP contribution in [-0.4, -0.2) is 27.8 Å². The van der Waals surface area contributed by atoms with Crippen molar-refractivity contribution >= 4 is 22.4 Å². The second-order valence-corrected chi connectivity index (χ2v) is 5.72. The second kappa shape index (κ2) is 7.05. The van der Waals surface area contributed by atoms with Crippen LogP contribution in [0.4, 0.5) is 5.13 Å². The van der Waals surface area contributed by atoms with Gasteiger partial charge in [-0.2, -0.15) is 5.10 Å². The number of methoxy groups -OCH3 is 1. The quantitative estimate of drug-likeness (QED) is 0.766. The van der Waals surface area contributed by atoms with Gasteiger partial charge in [-0.15, -0.1) is 11.3 Å². The fraction of sp³-hybridized carbons (Fsp3) is 0.125. The molecule has 0 fully saturated rings. The van der Waals surface area contributed by atoms with Crippen LogP contribution in [0.5, 0.6) is 5.75 Å². The highest BCUT2D eigenvalue weighted by Gasteiger charge is 2.09. The van der Waals surface area contributed by atoms with Crippen molar-refractivity contribution in [3.63, 3.8) is 0 Å². The van der Waals surface area contributed by atoms with Gasteiger partial charge in [-0.3, -0.25) is 9.59 Å². The number of carbonyl (C=O) groups excluding carboxylic acids is 1. The summed E-state index contributed by atoms with van der Waals surface area (Å²) in [6.45, 7) is -0.178. The van der Waals surface area contributed by atoms with Crippen LogP contribution < -0.4 is 15.6 Å². The average molecular weight is 342 g/mol. The highest BCUT2D eigenvalue weighted by Crippen LogP contribution is 2.19. The van der Waals surface area contributed by atoms with Gasteiger partial charge in [0.1, 0.15) is 12.3 Å². The number of nitrogens with zero attached hydrogens (tertiary/aromatic N) is 3. The first kappa shape index (κ1) is 15.9. The van der Waals surface area contributed by atoms with Crippen LogP contribution in [0.25, 0.3) is 11.3 Å². The molecule has 2 heterocycles. The van der Waals surface area contributed by atoms with Crippen molar-refractivity contribution in [1.29, 1.82) is 0 Å². The number of benzene rings is 1. The Morgan fingerprint density at radius 1 is 1.25 bits per heavy atom. The Morgan fingerprint density at radius 3 is 2.71 bits per heavy atom. The van der Waals surface area contributed by atoms with Gasteiger partial charge in [0.25, 0.3) is 5.56 Å². The number of ether oxygens (including phenoxy) is 1. The Balaban J connectivity index is 1.80. The minimum absolute atomic E-state index is 0.178. The second-order valence-electron chi connectivity index (χ2n) is 4.83. The van der Waals surface area contributed by atoms with Crippen LogP contribution in [0.2, 0.25) is 0 Å². The Kier molecular flexibility index (Phi) is 4.66. The van der Waals surface area contributed by atoms with E-state index < -0.39 is 0 Å². The minimum Gasteiger partial charge on any atom is -0.497 e. The van der Waals surface area contributed by atoms with Crippen molar-refractivity contribution in [2.75, 3.05) is 12.4 Å². The lowest BCUT2D eigenvalue weighted by Crippen LogP contribution is -2.29. The van der Waals surface area contributed by atoms with Gasteiger partial charge < -0.3 is 10.1 Å². The van der Waals surface area contributed by atoms with Crippen LogP contribution >= 0.6 is 11.3 Å². The summed E-state index contributed by atoms with van der Waals surface area (Å²) in [5, 5.41) is 9.12. The van der Waals surface area contributed by atoms with Crippen LogP contribution in [0, 0.1) is 0 Å². The molecule has 0 aliphatic carbocycles. The van der Waals surface area contributed by atoms with Gasteiger partial charge in [0, 0.05) is 23.2 Å². The standard InChI is InChI=1S/C16H14N4O3S/c1-23-12-4-2-11(3-5-12)13-6-7-15(22)20(19-13)10-14(21)18-16-17-8-9-24-16/h2-9H,10H2,1H3,(H,17,18,21). The number of nitrogens with one attached hydrogen (secondary N) is 1. The highest BCUT2D eigenvalue weighted by atomic mass is 32.1. The van der Waals surface area contributed by atoms with Crippen molar-refractivity contribution < 1.29 is 9.53 Å². The molecule has 0 spiro atoms. The molecular weight excluding hydrogens is 328 g/mol. The maximum atomic E-state index is 12.0. The lowest BCUT2D eigenvalue weighted by molar-refractivity contribution is -0.117. The van der Waals surface area contributed by atoms with E-state index in [1.807, 2.05) is 24.3 Å². The normalized spacial score (nSPS) is 10.4. The molecule has 0 aliphatic rings. The predicted octanol–water partition coefficient (Wildman–Crippen LogP) is 2.01. The largest absolute Gasteiger partial charge is 0.497 e. The molecule has 3 rings (SSSR count). The summed E-state index contributed by atoms with van der Waals surface area (Å²) in [5.41, 5.74) is 1.07. The van der Waals surface area contributed by atoms with E-state index in [1.165, 1.54) is 17.4 Å². The summed E-state index contributed by atoms with van der Waals surface area (Å²) in [4.78, 5) is 27.9. The van der Waals surface area contributed by atoms with E-state index in [1.54, 1.807) is 24.8 Å². The first-order valence-corrected chi connectivity index (χ1v) is 7.95. The maximum absolute atomic E-state index is 12.0. The van der Waals surface area contributed by atoms with Crippen LogP contribution in [-0.2, 0) is 11.3 Å². The first-order valence-electron chi connectivity index (χ1n) is 7.07. The molecule has 1 aromatic carbocycles. The van der Waals surface area contributed by atoms with Crippen molar-refractivity contribution in [1.82, 2.24) is 14.8 Å². The molecule has 24 heavy (non-hydrogen) atoms. The third-order valence-corrected chi connectivity index (χ3v) is 3.91. The molecule has 1 N–H and O–H groups in total. The molecule has 0 bridgehead atoms. The van der Waals surface area contributed by atoms with E-state index in [-0.39, 0.29) is 18.0 Å². The Morgan fingerprint density at radius 2 is 2.04 bits per heavy atom. The third kappa shape index (κ3) is 3.66. The fourth-order valence-electron chi connectivity index (χ4n) is 2.06. The molecule has 122 valence electrons. The van der Waals surface area contributed by atoms with E-state index in [2.05, 4.69) is 15.4 Å². The summed E-state index contributed by atoms with van der Waals surface area (Å²) < 4.78 is 6.24. The highest BCUT2D eigenvalue weighted by molar-refractivity contribution is 7.13. The monoisotopic (exact) mass is 342 g/mol. The molecule has 0 unspecified atom stereocenters. The lowest BCUT2D eigenvalue weighted by Gasteiger charge is -2.07. The topological polar surface area (TPSA) is 86.1 Å². The van der Waals surface area contributed by atoms with Gasteiger partial charge in [0.05, 0.1) is 12.8 Å². The summed E-state index contributed by atoms with van der Waals surface area (Å²) in [7, 11) is 1.59. The molecule has 0 radical (unpaired) electrons. The Bertz CT molecular complexity index is 888. The molecule has 3 aromatic rings. The summed E-state index contributed by atoms with van der Waals surface area (Å²) >= 11 is 1.31. The molecule has 0 aliphatic heterocycles. The molecule has 0 saturated carbocycles. The van der Waals surface area contributed by atoms with Gasteiger partial charge in [-0.1, -0.05) is 0 Å². The Labute approximate surface area is 141 Å². The SMILES string of the molecule is COc1ccc(-c2ccc(=O)n(CC(=O)Nc3nccs3)n2)cc1. The lowest BCUT2D eigenvalue weighted by atomic mass is 10.1. The Hall–Kier alpha value is -3.00. The number of anilines is 1. The van der Waals surface area contributed by atoms with Crippen LogP contribution in [0.3, 0.4) is 0 Å². The van der Waals surface area contributed by atoms with Gasteiger partial charge in [0.2, 0.25) is 5.91 Å². The molecule has 1 amide bonds. The zero-order chi connectivity index (χ0) is 16.9. The summed E-state index contributed by atoms with van der Waals surface area (Å²) in [6, 6.07) is 10.3. The van der Waals surface area contributed by atoms with Crippen molar-refractivity contribution in [3.05, 3.63) is 58.3 Å². The zero-order valence-electron chi connectivity index (χ0n) is 12.8. The molecular formula is C16H14N4O3S. The van der Waals surface area contributed by atoms with Crippen molar-refractivity contribution in [2.45, 2.75) is 6.54 Å². The zero-order valence-corrected chi connectivity index (χ0v) is 13.6. The van der Waals surface area contributed by atoms with E-state index in [4.69, 9.17) is 4.74 Å². The first-order chi connectivity index (χ1) is 11.7. The number of aromatic nitrogens is 3. The predicted molar refractivity (Wildman–Crippen MR) is 91.2 cm³/mol. The van der Waals surface area contributed by atoms with Crippen molar-refractivity contribution in [3.8, 4) is 17.0 Å². The number of hydrogen-bond donors (Lipinski definition) is 1. The van der Waals surface area contributed by atoms with Gasteiger partial charge in [0.15, 0.2) is 5.13 Å².